The number of amides is 1. The van der Waals surface area contributed by atoms with Crippen molar-refractivity contribution in [2.75, 3.05) is 25.1 Å². The minimum atomic E-state index is -0.268. The van der Waals surface area contributed by atoms with Crippen LogP contribution in [0.2, 0.25) is 0 Å². The molecule has 0 aliphatic heterocycles. The van der Waals surface area contributed by atoms with E-state index in [1.807, 2.05) is 62.4 Å². The number of aryl methyl sites for hydroxylation is 1. The van der Waals surface area contributed by atoms with Crippen LogP contribution < -0.4 is 19.5 Å². The summed E-state index contributed by atoms with van der Waals surface area (Å²) in [6.45, 7) is 5.20. The summed E-state index contributed by atoms with van der Waals surface area (Å²) in [7, 11) is 0. The van der Waals surface area contributed by atoms with Gasteiger partial charge in [0, 0.05) is 6.08 Å². The summed E-state index contributed by atoms with van der Waals surface area (Å²) in [6.07, 6.45) is 3.95. The highest BCUT2D eigenvalue weighted by atomic mass is 32.1. The highest BCUT2D eigenvalue weighted by Crippen LogP contribution is 2.29. The van der Waals surface area contributed by atoms with Gasteiger partial charge >= 0.3 is 0 Å². The topological polar surface area (TPSA) is 82.6 Å². The van der Waals surface area contributed by atoms with Crippen LogP contribution in [0, 0.1) is 0 Å². The maximum Gasteiger partial charge on any atom is 0.250 e. The first kappa shape index (κ1) is 22.3. The van der Waals surface area contributed by atoms with Gasteiger partial charge in [-0.15, -0.1) is 10.2 Å². The number of ether oxygens (including phenoxy) is 3. The Balaban J connectivity index is 1.55. The van der Waals surface area contributed by atoms with Gasteiger partial charge < -0.3 is 14.2 Å². The molecule has 3 rings (SSSR count). The Hall–Kier alpha value is -3.39. The fourth-order valence-corrected chi connectivity index (χ4v) is 3.29. The zero-order valence-corrected chi connectivity index (χ0v) is 18.4. The van der Waals surface area contributed by atoms with Crippen molar-refractivity contribution in [3.05, 3.63) is 65.2 Å². The third-order valence-electron chi connectivity index (χ3n) is 4.05. The van der Waals surface area contributed by atoms with Gasteiger partial charge in [-0.1, -0.05) is 42.5 Å². The number of benzene rings is 2. The summed E-state index contributed by atoms with van der Waals surface area (Å²) in [4.78, 5) is 12.1. The molecule has 0 bridgehead atoms. The van der Waals surface area contributed by atoms with Gasteiger partial charge in [-0.2, -0.15) is 0 Å². The quantitative estimate of drug-likeness (QED) is 0.347. The molecule has 3 aromatic rings. The number of carbonyl (C=O) groups is 1. The fourth-order valence-electron chi connectivity index (χ4n) is 2.61. The molecule has 162 valence electrons. The van der Waals surface area contributed by atoms with E-state index in [9.17, 15) is 4.79 Å². The zero-order valence-electron chi connectivity index (χ0n) is 17.5. The average Bonchev–Trinajstić information content (AvgIpc) is 3.24. The number of para-hydroxylation sites is 1. The van der Waals surface area contributed by atoms with E-state index >= 15 is 0 Å². The van der Waals surface area contributed by atoms with Gasteiger partial charge in [0.15, 0.2) is 11.5 Å². The van der Waals surface area contributed by atoms with Gasteiger partial charge in [0.1, 0.15) is 24.0 Å². The van der Waals surface area contributed by atoms with Gasteiger partial charge in [0.05, 0.1) is 6.61 Å². The molecule has 31 heavy (non-hydrogen) atoms. The molecule has 8 heteroatoms. The maximum absolute atomic E-state index is 12.1. The molecular formula is C23H25N3O4S. The maximum atomic E-state index is 12.1. The number of rotatable bonds is 11. The number of hydrogen-bond acceptors (Lipinski definition) is 7. The lowest BCUT2D eigenvalue weighted by molar-refractivity contribution is -0.111. The van der Waals surface area contributed by atoms with E-state index in [-0.39, 0.29) is 5.91 Å². The van der Waals surface area contributed by atoms with Crippen molar-refractivity contribution in [3.63, 3.8) is 0 Å². The molecule has 0 aliphatic rings. The molecule has 1 heterocycles. The van der Waals surface area contributed by atoms with Crippen LogP contribution in [0.25, 0.3) is 6.08 Å². The average molecular weight is 440 g/mol. The molecule has 0 spiro atoms. The van der Waals surface area contributed by atoms with E-state index in [1.165, 1.54) is 17.4 Å². The summed E-state index contributed by atoms with van der Waals surface area (Å²) in [6, 6.07) is 15.1. The lowest BCUT2D eigenvalue weighted by atomic mass is 10.2. The van der Waals surface area contributed by atoms with E-state index in [0.717, 1.165) is 22.7 Å². The highest BCUT2D eigenvalue weighted by Gasteiger charge is 2.08. The first-order valence-electron chi connectivity index (χ1n) is 10.1. The van der Waals surface area contributed by atoms with E-state index < -0.39 is 0 Å². The van der Waals surface area contributed by atoms with E-state index in [1.54, 1.807) is 6.08 Å². The van der Waals surface area contributed by atoms with Crippen LogP contribution in [0.3, 0.4) is 0 Å². The molecule has 0 aliphatic carbocycles. The number of hydrogen-bond donors (Lipinski definition) is 1. The second kappa shape index (κ2) is 11.7. The standard InChI is InChI=1S/C23H25N3O4S/c1-3-22-25-26-23(31-22)24-21(27)13-11-17-10-12-19(20(16-17)28-4-2)30-15-14-29-18-8-6-5-7-9-18/h5-13,16H,3-4,14-15H2,1-2H3,(H,24,26,27)/b13-11+. The Labute approximate surface area is 185 Å². The molecule has 0 fully saturated rings. The van der Waals surface area contributed by atoms with Crippen LogP contribution in [0.4, 0.5) is 5.13 Å². The molecular weight excluding hydrogens is 414 g/mol. The van der Waals surface area contributed by atoms with Crippen molar-refractivity contribution in [3.8, 4) is 17.2 Å². The predicted molar refractivity (Wildman–Crippen MR) is 122 cm³/mol. The first-order chi connectivity index (χ1) is 15.2. The monoisotopic (exact) mass is 439 g/mol. The van der Waals surface area contributed by atoms with E-state index in [2.05, 4.69) is 15.5 Å². The molecule has 7 nitrogen and oxygen atoms in total. The first-order valence-corrected chi connectivity index (χ1v) is 10.9. The normalized spacial score (nSPS) is 10.8. The van der Waals surface area contributed by atoms with Crippen molar-refractivity contribution >= 4 is 28.5 Å². The van der Waals surface area contributed by atoms with Gasteiger partial charge in [-0.25, -0.2) is 0 Å². The predicted octanol–water partition coefficient (Wildman–Crippen LogP) is 4.61. The third-order valence-corrected chi connectivity index (χ3v) is 5.03. The molecule has 0 unspecified atom stereocenters. The molecule has 2 aromatic carbocycles. The Bertz CT molecular complexity index is 1010. The van der Waals surface area contributed by atoms with Crippen molar-refractivity contribution < 1.29 is 19.0 Å². The minimum absolute atomic E-state index is 0.268. The summed E-state index contributed by atoms with van der Waals surface area (Å²) in [5, 5.41) is 12.0. The van der Waals surface area contributed by atoms with Crippen molar-refractivity contribution in [1.82, 2.24) is 10.2 Å². The summed E-state index contributed by atoms with van der Waals surface area (Å²) in [5.41, 5.74) is 0.818. The Morgan fingerprint density at radius 3 is 2.55 bits per heavy atom. The van der Waals surface area contributed by atoms with Crippen molar-refractivity contribution in [1.29, 1.82) is 0 Å². The molecule has 1 N–H and O–H groups in total. The lowest BCUT2D eigenvalue weighted by Crippen LogP contribution is -2.10. The van der Waals surface area contributed by atoms with Gasteiger partial charge in [-0.05, 0) is 49.2 Å². The van der Waals surface area contributed by atoms with Crippen LogP contribution in [0.5, 0.6) is 17.2 Å². The molecule has 0 atom stereocenters. The fraction of sp³-hybridized carbons (Fsp3) is 0.261. The van der Waals surface area contributed by atoms with Crippen molar-refractivity contribution in [2.45, 2.75) is 20.3 Å². The van der Waals surface area contributed by atoms with Crippen LogP contribution >= 0.6 is 11.3 Å². The summed E-state index contributed by atoms with van der Waals surface area (Å²) >= 11 is 1.37. The van der Waals surface area contributed by atoms with E-state index in [0.29, 0.717) is 36.5 Å². The van der Waals surface area contributed by atoms with Crippen LogP contribution in [0.1, 0.15) is 24.4 Å². The number of carbonyl (C=O) groups excluding carboxylic acids is 1. The number of aromatic nitrogens is 2. The zero-order chi connectivity index (χ0) is 21.9. The van der Waals surface area contributed by atoms with Crippen LogP contribution in [0.15, 0.2) is 54.6 Å². The molecule has 0 saturated heterocycles. The number of nitrogens with zero attached hydrogens (tertiary/aromatic N) is 2. The minimum Gasteiger partial charge on any atom is -0.490 e. The second-order valence-corrected chi connectivity index (χ2v) is 7.39. The Morgan fingerprint density at radius 2 is 1.81 bits per heavy atom. The van der Waals surface area contributed by atoms with Crippen LogP contribution in [-0.2, 0) is 11.2 Å². The molecule has 1 aromatic heterocycles. The van der Waals surface area contributed by atoms with Gasteiger partial charge in [0.2, 0.25) is 11.0 Å². The third kappa shape index (κ3) is 7.11. The Morgan fingerprint density at radius 1 is 1.00 bits per heavy atom. The van der Waals surface area contributed by atoms with Gasteiger partial charge in [-0.3, -0.25) is 10.1 Å². The Kier molecular flexibility index (Phi) is 8.42. The highest BCUT2D eigenvalue weighted by molar-refractivity contribution is 7.15. The second-order valence-electron chi connectivity index (χ2n) is 6.33. The lowest BCUT2D eigenvalue weighted by Gasteiger charge is -2.13. The number of anilines is 1. The smallest absolute Gasteiger partial charge is 0.250 e. The number of nitrogens with one attached hydrogen (secondary N) is 1. The molecule has 1 amide bonds. The molecule has 0 radical (unpaired) electrons. The van der Waals surface area contributed by atoms with Crippen molar-refractivity contribution in [2.24, 2.45) is 0 Å². The largest absolute Gasteiger partial charge is 0.490 e. The molecule has 0 saturated carbocycles. The van der Waals surface area contributed by atoms with Crippen LogP contribution in [-0.4, -0.2) is 35.9 Å². The van der Waals surface area contributed by atoms with E-state index in [4.69, 9.17) is 14.2 Å². The van der Waals surface area contributed by atoms with Gasteiger partial charge in [0.25, 0.3) is 0 Å². The summed E-state index contributed by atoms with van der Waals surface area (Å²) in [5.74, 6) is 1.77. The summed E-state index contributed by atoms with van der Waals surface area (Å²) < 4.78 is 17.2. The SMILES string of the molecule is CCOc1cc(/C=C/C(=O)Nc2nnc(CC)s2)ccc1OCCOc1ccccc1.